The number of carbonyl (C=O) groups excluding carboxylic acids is 2. The number of amides is 1. The van der Waals surface area contributed by atoms with Crippen LogP contribution < -0.4 is 10.6 Å². The Morgan fingerprint density at radius 3 is 2.43 bits per heavy atom. The molecule has 0 spiro atoms. The Kier molecular flexibility index (Phi) is 5.39. The van der Waals surface area contributed by atoms with Gasteiger partial charge in [0.1, 0.15) is 5.69 Å². The maximum absolute atomic E-state index is 13.4. The molecule has 0 aliphatic heterocycles. The molecule has 0 aliphatic rings. The molecule has 0 radical (unpaired) electrons. The van der Waals surface area contributed by atoms with Crippen LogP contribution in [0.15, 0.2) is 48.5 Å². The van der Waals surface area contributed by atoms with Gasteiger partial charge >= 0.3 is 0 Å². The maximum Gasteiger partial charge on any atom is 0.274 e. The SMILES string of the molecule is CC(=O)c1cccc(NC(=O)c2cc(C)nc(Nc3ccc(F)c(F)c3)n2)c1. The molecule has 1 amide bonds. The normalized spacial score (nSPS) is 10.4. The van der Waals surface area contributed by atoms with Gasteiger partial charge in [0.2, 0.25) is 5.95 Å². The molecule has 0 saturated carbocycles. The van der Waals surface area contributed by atoms with E-state index >= 15 is 0 Å². The van der Waals surface area contributed by atoms with Gasteiger partial charge in [-0.1, -0.05) is 12.1 Å². The minimum absolute atomic E-state index is 0.0636. The van der Waals surface area contributed by atoms with Gasteiger partial charge < -0.3 is 10.6 Å². The van der Waals surface area contributed by atoms with Crippen LogP contribution in [0.4, 0.5) is 26.1 Å². The van der Waals surface area contributed by atoms with E-state index in [0.717, 1.165) is 12.1 Å². The Labute approximate surface area is 159 Å². The van der Waals surface area contributed by atoms with Gasteiger partial charge in [-0.2, -0.15) is 0 Å². The van der Waals surface area contributed by atoms with Gasteiger partial charge in [0.25, 0.3) is 5.91 Å². The quantitative estimate of drug-likeness (QED) is 0.644. The van der Waals surface area contributed by atoms with Crippen molar-refractivity contribution in [2.24, 2.45) is 0 Å². The number of hydrogen-bond donors (Lipinski definition) is 2. The van der Waals surface area contributed by atoms with Crippen LogP contribution in [0.2, 0.25) is 0 Å². The summed E-state index contributed by atoms with van der Waals surface area (Å²) in [4.78, 5) is 32.3. The van der Waals surface area contributed by atoms with E-state index in [4.69, 9.17) is 0 Å². The molecule has 3 rings (SSSR count). The summed E-state index contributed by atoms with van der Waals surface area (Å²) >= 11 is 0. The molecule has 1 aromatic heterocycles. The van der Waals surface area contributed by atoms with E-state index in [9.17, 15) is 18.4 Å². The lowest BCUT2D eigenvalue weighted by atomic mass is 10.1. The lowest BCUT2D eigenvalue weighted by molar-refractivity contribution is 0.100. The standard InChI is InChI=1S/C20H16F2N4O2/c1-11-8-18(19(28)24-14-5-3-4-13(9-14)12(2)27)26-20(23-11)25-15-6-7-16(21)17(22)10-15/h3-10H,1-2H3,(H,24,28)(H,23,25,26). The zero-order valence-corrected chi connectivity index (χ0v) is 15.1. The van der Waals surface area contributed by atoms with E-state index in [0.29, 0.717) is 16.9 Å². The van der Waals surface area contributed by atoms with Crippen molar-refractivity contribution in [2.45, 2.75) is 13.8 Å². The molecule has 3 aromatic rings. The Hall–Kier alpha value is -3.68. The van der Waals surface area contributed by atoms with Crippen molar-refractivity contribution in [1.29, 1.82) is 0 Å². The highest BCUT2D eigenvalue weighted by atomic mass is 19.2. The van der Waals surface area contributed by atoms with Crippen molar-refractivity contribution >= 4 is 29.0 Å². The highest BCUT2D eigenvalue weighted by molar-refractivity contribution is 6.04. The molecule has 0 aliphatic carbocycles. The van der Waals surface area contributed by atoms with E-state index in [1.54, 1.807) is 31.2 Å². The lowest BCUT2D eigenvalue weighted by Gasteiger charge is -2.09. The molecule has 0 atom stereocenters. The number of anilines is 3. The molecule has 28 heavy (non-hydrogen) atoms. The zero-order chi connectivity index (χ0) is 20.3. The number of halogens is 2. The summed E-state index contributed by atoms with van der Waals surface area (Å²) in [5.41, 5.74) is 1.74. The minimum Gasteiger partial charge on any atom is -0.324 e. The van der Waals surface area contributed by atoms with Gasteiger partial charge in [-0.25, -0.2) is 18.7 Å². The number of Topliss-reactive ketones (excluding diaryl/α,β-unsaturated/α-hetero) is 1. The largest absolute Gasteiger partial charge is 0.324 e. The van der Waals surface area contributed by atoms with E-state index in [1.165, 1.54) is 19.1 Å². The van der Waals surface area contributed by atoms with E-state index < -0.39 is 17.5 Å². The van der Waals surface area contributed by atoms with Gasteiger partial charge in [0, 0.05) is 28.7 Å². The Bertz CT molecular complexity index is 1070. The van der Waals surface area contributed by atoms with Gasteiger partial charge in [-0.3, -0.25) is 9.59 Å². The third-order valence-corrected chi connectivity index (χ3v) is 3.79. The Morgan fingerprint density at radius 2 is 1.71 bits per heavy atom. The van der Waals surface area contributed by atoms with Crippen LogP contribution in [0.25, 0.3) is 0 Å². The smallest absolute Gasteiger partial charge is 0.274 e. The fourth-order valence-electron chi connectivity index (χ4n) is 2.45. The lowest BCUT2D eigenvalue weighted by Crippen LogP contribution is -2.15. The van der Waals surface area contributed by atoms with Gasteiger partial charge in [-0.05, 0) is 44.2 Å². The summed E-state index contributed by atoms with van der Waals surface area (Å²) in [5.74, 6) is -2.54. The number of hydrogen-bond acceptors (Lipinski definition) is 5. The number of aryl methyl sites for hydroxylation is 1. The molecule has 2 aromatic carbocycles. The first-order valence-corrected chi connectivity index (χ1v) is 8.32. The third-order valence-electron chi connectivity index (χ3n) is 3.79. The number of nitrogens with one attached hydrogen (secondary N) is 2. The number of benzene rings is 2. The molecule has 0 fully saturated rings. The summed E-state index contributed by atoms with van der Waals surface area (Å²) in [6.45, 7) is 3.11. The first kappa shape index (κ1) is 19.1. The van der Waals surface area contributed by atoms with Gasteiger partial charge in [0.05, 0.1) is 0 Å². The fraction of sp³-hybridized carbons (Fsp3) is 0.100. The topological polar surface area (TPSA) is 84.0 Å². The van der Waals surface area contributed by atoms with Gasteiger partial charge in [-0.15, -0.1) is 0 Å². The Balaban J connectivity index is 1.82. The third kappa shape index (κ3) is 4.53. The van der Waals surface area contributed by atoms with Crippen LogP contribution in [0, 0.1) is 18.6 Å². The molecule has 6 nitrogen and oxygen atoms in total. The van der Waals surface area contributed by atoms with Crippen LogP contribution in [-0.2, 0) is 0 Å². The van der Waals surface area contributed by atoms with E-state index in [2.05, 4.69) is 20.6 Å². The van der Waals surface area contributed by atoms with Crippen LogP contribution in [0.3, 0.4) is 0 Å². The van der Waals surface area contributed by atoms with Crippen molar-refractivity contribution in [3.63, 3.8) is 0 Å². The summed E-state index contributed by atoms with van der Waals surface area (Å²) < 4.78 is 26.4. The van der Waals surface area contributed by atoms with Crippen LogP contribution in [0.1, 0.15) is 33.5 Å². The molecule has 0 bridgehead atoms. The minimum atomic E-state index is -1.01. The first-order chi connectivity index (χ1) is 13.3. The molecular formula is C20H16F2N4O2. The number of aromatic nitrogens is 2. The van der Waals surface area contributed by atoms with Crippen LogP contribution in [0.5, 0.6) is 0 Å². The molecular weight excluding hydrogens is 366 g/mol. The van der Waals surface area contributed by atoms with Crippen molar-refractivity contribution in [3.05, 3.63) is 77.1 Å². The Morgan fingerprint density at radius 1 is 0.929 bits per heavy atom. The molecule has 2 N–H and O–H groups in total. The average molecular weight is 382 g/mol. The monoisotopic (exact) mass is 382 g/mol. The molecule has 0 saturated heterocycles. The summed E-state index contributed by atoms with van der Waals surface area (Å²) in [6, 6.07) is 11.3. The van der Waals surface area contributed by atoms with Gasteiger partial charge in [0.15, 0.2) is 17.4 Å². The highest BCUT2D eigenvalue weighted by Crippen LogP contribution is 2.18. The van der Waals surface area contributed by atoms with E-state index in [1.807, 2.05) is 0 Å². The second kappa shape index (κ2) is 7.91. The number of nitrogens with zero attached hydrogens (tertiary/aromatic N) is 2. The first-order valence-electron chi connectivity index (χ1n) is 8.32. The summed E-state index contributed by atoms with van der Waals surface area (Å²) in [5, 5.41) is 5.41. The van der Waals surface area contributed by atoms with Crippen molar-refractivity contribution in [2.75, 3.05) is 10.6 Å². The average Bonchev–Trinajstić information content (AvgIpc) is 2.64. The van der Waals surface area contributed by atoms with Crippen molar-refractivity contribution in [3.8, 4) is 0 Å². The summed E-state index contributed by atoms with van der Waals surface area (Å²) in [6.07, 6.45) is 0. The maximum atomic E-state index is 13.4. The van der Waals surface area contributed by atoms with Crippen LogP contribution in [-0.4, -0.2) is 21.7 Å². The van der Waals surface area contributed by atoms with E-state index in [-0.39, 0.29) is 23.1 Å². The molecule has 0 unspecified atom stereocenters. The highest BCUT2D eigenvalue weighted by Gasteiger charge is 2.13. The van der Waals surface area contributed by atoms with Crippen molar-refractivity contribution in [1.82, 2.24) is 9.97 Å². The fourth-order valence-corrected chi connectivity index (χ4v) is 2.45. The summed E-state index contributed by atoms with van der Waals surface area (Å²) in [7, 11) is 0. The molecule has 1 heterocycles. The van der Waals surface area contributed by atoms with Crippen LogP contribution >= 0.6 is 0 Å². The number of rotatable bonds is 5. The second-order valence-electron chi connectivity index (χ2n) is 6.06. The number of carbonyl (C=O) groups is 2. The number of ketones is 1. The van der Waals surface area contributed by atoms with Crippen molar-refractivity contribution < 1.29 is 18.4 Å². The predicted molar refractivity (Wildman–Crippen MR) is 101 cm³/mol. The molecule has 8 heteroatoms. The zero-order valence-electron chi connectivity index (χ0n) is 15.1. The molecule has 142 valence electrons. The second-order valence-corrected chi connectivity index (χ2v) is 6.06. The predicted octanol–water partition coefficient (Wildman–Crippen LogP) is 4.26.